The molecule has 0 aliphatic rings. The standard InChI is InChI=1S/C10H21N3O3/c1-7(6-13(4)5)11-9(16)12-10(2,3)8(14)15/h7H,6H2,1-5H3,(H,14,15)(H2,11,12,16). The third kappa shape index (κ3) is 5.55. The SMILES string of the molecule is CC(CN(C)C)NC(=O)NC(C)(C)C(=O)O. The maximum absolute atomic E-state index is 11.5. The number of nitrogens with zero attached hydrogens (tertiary/aromatic N) is 1. The van der Waals surface area contributed by atoms with Gasteiger partial charge in [0, 0.05) is 12.6 Å². The molecule has 16 heavy (non-hydrogen) atoms. The maximum atomic E-state index is 11.5. The maximum Gasteiger partial charge on any atom is 0.328 e. The first-order chi connectivity index (χ1) is 7.15. The lowest BCUT2D eigenvalue weighted by Crippen LogP contribution is -2.55. The molecule has 0 radical (unpaired) electrons. The van der Waals surface area contributed by atoms with Gasteiger partial charge in [0.25, 0.3) is 0 Å². The summed E-state index contributed by atoms with van der Waals surface area (Å²) in [6.07, 6.45) is 0. The Morgan fingerprint density at radius 3 is 2.25 bits per heavy atom. The number of carbonyl (C=O) groups excluding carboxylic acids is 1. The number of hydrogen-bond donors (Lipinski definition) is 3. The van der Waals surface area contributed by atoms with Crippen LogP contribution in [0.15, 0.2) is 0 Å². The van der Waals surface area contributed by atoms with Crippen LogP contribution < -0.4 is 10.6 Å². The molecule has 2 amide bonds. The van der Waals surface area contributed by atoms with Crippen LogP contribution in [-0.4, -0.2) is 54.2 Å². The smallest absolute Gasteiger partial charge is 0.328 e. The molecule has 0 aliphatic carbocycles. The second kappa shape index (κ2) is 5.69. The van der Waals surface area contributed by atoms with E-state index in [1.54, 1.807) is 0 Å². The van der Waals surface area contributed by atoms with Crippen LogP contribution in [0.3, 0.4) is 0 Å². The molecule has 0 saturated heterocycles. The quantitative estimate of drug-likeness (QED) is 0.626. The number of rotatable bonds is 5. The molecule has 0 aromatic rings. The fourth-order valence-corrected chi connectivity index (χ4v) is 1.19. The van der Waals surface area contributed by atoms with Gasteiger partial charge in [-0.15, -0.1) is 0 Å². The molecule has 0 rings (SSSR count). The molecule has 6 nitrogen and oxygen atoms in total. The van der Waals surface area contributed by atoms with Crippen LogP contribution in [-0.2, 0) is 4.79 Å². The highest BCUT2D eigenvalue weighted by atomic mass is 16.4. The summed E-state index contributed by atoms with van der Waals surface area (Å²) in [6, 6.07) is -0.513. The average Bonchev–Trinajstić information content (AvgIpc) is 1.99. The second-order valence-electron chi connectivity index (χ2n) is 4.69. The van der Waals surface area contributed by atoms with E-state index in [0.29, 0.717) is 6.54 Å². The molecular formula is C10H21N3O3. The molecular weight excluding hydrogens is 210 g/mol. The molecule has 0 aromatic heterocycles. The lowest BCUT2D eigenvalue weighted by atomic mass is 10.1. The Bertz CT molecular complexity index is 264. The first-order valence-corrected chi connectivity index (χ1v) is 5.12. The predicted octanol–water partition coefficient (Wildman–Crippen LogP) is 0.0989. The van der Waals surface area contributed by atoms with E-state index in [1.165, 1.54) is 13.8 Å². The fourth-order valence-electron chi connectivity index (χ4n) is 1.19. The number of carboxylic acids is 1. The molecule has 0 spiro atoms. The number of aliphatic carboxylic acids is 1. The van der Waals surface area contributed by atoms with Crippen molar-refractivity contribution >= 4 is 12.0 Å². The summed E-state index contributed by atoms with van der Waals surface area (Å²) in [4.78, 5) is 24.2. The summed E-state index contributed by atoms with van der Waals surface area (Å²) in [6.45, 7) is 5.42. The van der Waals surface area contributed by atoms with E-state index in [-0.39, 0.29) is 6.04 Å². The zero-order valence-corrected chi connectivity index (χ0v) is 10.5. The number of carboxylic acid groups (broad SMARTS) is 1. The van der Waals surface area contributed by atoms with Gasteiger partial charge in [0.05, 0.1) is 0 Å². The highest BCUT2D eigenvalue weighted by Crippen LogP contribution is 2.01. The van der Waals surface area contributed by atoms with Crippen molar-refractivity contribution in [2.45, 2.75) is 32.4 Å². The van der Waals surface area contributed by atoms with Crippen molar-refractivity contribution in [3.63, 3.8) is 0 Å². The Balaban J connectivity index is 4.14. The summed E-state index contributed by atoms with van der Waals surface area (Å²) in [7, 11) is 3.80. The van der Waals surface area contributed by atoms with Crippen LogP contribution in [0, 0.1) is 0 Å². The monoisotopic (exact) mass is 231 g/mol. The average molecular weight is 231 g/mol. The molecule has 1 unspecified atom stereocenters. The van der Waals surface area contributed by atoms with Gasteiger partial charge in [0.1, 0.15) is 5.54 Å². The molecule has 6 heteroatoms. The summed E-state index contributed by atoms with van der Waals surface area (Å²) in [5.41, 5.74) is -1.26. The lowest BCUT2D eigenvalue weighted by molar-refractivity contribution is -0.142. The van der Waals surface area contributed by atoms with Gasteiger partial charge in [0.15, 0.2) is 0 Å². The third-order valence-electron chi connectivity index (χ3n) is 1.98. The van der Waals surface area contributed by atoms with Gasteiger partial charge in [0.2, 0.25) is 0 Å². The summed E-state index contributed by atoms with van der Waals surface area (Å²) in [5.74, 6) is -1.07. The largest absolute Gasteiger partial charge is 0.480 e. The van der Waals surface area contributed by atoms with Crippen LogP contribution in [0.5, 0.6) is 0 Å². The summed E-state index contributed by atoms with van der Waals surface area (Å²) >= 11 is 0. The Labute approximate surface area is 96.0 Å². The highest BCUT2D eigenvalue weighted by molar-refractivity contribution is 5.85. The minimum absolute atomic E-state index is 0.0420. The Kier molecular flexibility index (Phi) is 5.23. The van der Waals surface area contributed by atoms with Gasteiger partial charge in [-0.05, 0) is 34.9 Å². The van der Waals surface area contributed by atoms with Crippen molar-refractivity contribution in [2.24, 2.45) is 0 Å². The van der Waals surface area contributed by atoms with Gasteiger partial charge in [-0.2, -0.15) is 0 Å². The zero-order valence-electron chi connectivity index (χ0n) is 10.5. The van der Waals surface area contributed by atoms with E-state index < -0.39 is 17.5 Å². The third-order valence-corrected chi connectivity index (χ3v) is 1.98. The number of amides is 2. The van der Waals surface area contributed by atoms with Crippen LogP contribution in [0.4, 0.5) is 4.79 Å². The molecule has 0 heterocycles. The predicted molar refractivity (Wildman–Crippen MR) is 61.4 cm³/mol. The van der Waals surface area contributed by atoms with Gasteiger partial charge < -0.3 is 20.6 Å². The highest BCUT2D eigenvalue weighted by Gasteiger charge is 2.29. The van der Waals surface area contributed by atoms with E-state index in [2.05, 4.69) is 10.6 Å². The zero-order chi connectivity index (χ0) is 12.9. The molecule has 3 N–H and O–H groups in total. The minimum atomic E-state index is -1.26. The molecule has 94 valence electrons. The van der Waals surface area contributed by atoms with Gasteiger partial charge in [-0.25, -0.2) is 9.59 Å². The topological polar surface area (TPSA) is 81.7 Å². The van der Waals surface area contributed by atoms with Crippen molar-refractivity contribution in [2.75, 3.05) is 20.6 Å². The summed E-state index contributed by atoms with van der Waals surface area (Å²) < 4.78 is 0. The summed E-state index contributed by atoms with van der Waals surface area (Å²) in [5, 5.41) is 13.9. The fraction of sp³-hybridized carbons (Fsp3) is 0.800. The van der Waals surface area contributed by atoms with Crippen molar-refractivity contribution in [3.8, 4) is 0 Å². The van der Waals surface area contributed by atoms with E-state index in [4.69, 9.17) is 5.11 Å². The number of urea groups is 1. The molecule has 0 saturated carbocycles. The van der Waals surface area contributed by atoms with Gasteiger partial charge in [-0.3, -0.25) is 0 Å². The van der Waals surface area contributed by atoms with Crippen LogP contribution in [0.25, 0.3) is 0 Å². The molecule has 0 aromatic carbocycles. The van der Waals surface area contributed by atoms with Crippen LogP contribution in [0.2, 0.25) is 0 Å². The first-order valence-electron chi connectivity index (χ1n) is 5.12. The molecule has 0 fully saturated rings. The van der Waals surface area contributed by atoms with Crippen molar-refractivity contribution in [1.82, 2.24) is 15.5 Å². The van der Waals surface area contributed by atoms with Crippen molar-refractivity contribution < 1.29 is 14.7 Å². The Hall–Kier alpha value is -1.30. The van der Waals surface area contributed by atoms with Gasteiger partial charge in [-0.1, -0.05) is 0 Å². The van der Waals surface area contributed by atoms with E-state index in [0.717, 1.165) is 0 Å². The first kappa shape index (κ1) is 14.7. The van der Waals surface area contributed by atoms with E-state index >= 15 is 0 Å². The Morgan fingerprint density at radius 1 is 1.38 bits per heavy atom. The molecule has 1 atom stereocenters. The Morgan fingerprint density at radius 2 is 1.88 bits per heavy atom. The number of hydrogen-bond acceptors (Lipinski definition) is 3. The normalized spacial score (nSPS) is 13.4. The molecule has 0 aliphatic heterocycles. The van der Waals surface area contributed by atoms with Crippen LogP contribution >= 0.6 is 0 Å². The number of likely N-dealkylation sites (N-methyl/N-ethyl adjacent to an activating group) is 1. The number of carbonyl (C=O) groups is 2. The van der Waals surface area contributed by atoms with Crippen LogP contribution in [0.1, 0.15) is 20.8 Å². The molecule has 0 bridgehead atoms. The van der Waals surface area contributed by atoms with E-state index in [1.807, 2.05) is 25.9 Å². The second-order valence-corrected chi connectivity index (χ2v) is 4.69. The van der Waals surface area contributed by atoms with Crippen molar-refractivity contribution in [1.29, 1.82) is 0 Å². The van der Waals surface area contributed by atoms with Crippen molar-refractivity contribution in [3.05, 3.63) is 0 Å². The number of nitrogens with one attached hydrogen (secondary N) is 2. The minimum Gasteiger partial charge on any atom is -0.480 e. The van der Waals surface area contributed by atoms with Gasteiger partial charge >= 0.3 is 12.0 Å². The van der Waals surface area contributed by atoms with E-state index in [9.17, 15) is 9.59 Å². The lowest BCUT2D eigenvalue weighted by Gasteiger charge is -2.24.